The molecule has 0 unspecified atom stereocenters. The lowest BCUT2D eigenvalue weighted by Crippen LogP contribution is -2.13. The molecule has 0 aliphatic carbocycles. The fraction of sp³-hybridized carbons (Fsp3) is 0.0909. The Hall–Kier alpha value is -2.83. The molecule has 0 fully saturated rings. The van der Waals surface area contributed by atoms with E-state index in [1.54, 1.807) is 36.3 Å². The van der Waals surface area contributed by atoms with Crippen LogP contribution in [-0.4, -0.2) is 18.0 Å². The van der Waals surface area contributed by atoms with Gasteiger partial charge in [0.25, 0.3) is 5.91 Å². The highest BCUT2D eigenvalue weighted by molar-refractivity contribution is 8.01. The van der Waals surface area contributed by atoms with E-state index in [1.807, 2.05) is 61.5 Å². The molecule has 4 rings (SSSR count). The monoisotopic (exact) mass is 406 g/mol. The Morgan fingerprint density at radius 1 is 1.04 bits per heavy atom. The Balaban J connectivity index is 1.47. The van der Waals surface area contributed by atoms with Crippen LogP contribution < -0.4 is 10.1 Å². The van der Waals surface area contributed by atoms with Crippen LogP contribution in [0.25, 0.3) is 10.2 Å². The number of fused-ring (bicyclic) bond motifs is 1. The maximum absolute atomic E-state index is 12.6. The molecule has 3 aromatic carbocycles. The summed E-state index contributed by atoms with van der Waals surface area (Å²) in [5, 5.41) is 2.93. The maximum Gasteiger partial charge on any atom is 0.259 e. The van der Waals surface area contributed by atoms with E-state index in [2.05, 4.69) is 16.4 Å². The van der Waals surface area contributed by atoms with Gasteiger partial charge in [0.2, 0.25) is 0 Å². The third kappa shape index (κ3) is 3.88. The van der Waals surface area contributed by atoms with Crippen molar-refractivity contribution >= 4 is 44.9 Å². The molecular formula is C22H18N2O2S2. The van der Waals surface area contributed by atoms with Crippen LogP contribution in [0, 0.1) is 6.92 Å². The van der Waals surface area contributed by atoms with Crippen LogP contribution >= 0.6 is 23.1 Å². The predicted octanol–water partition coefficient (Wildman–Crippen LogP) is 6.02. The topological polar surface area (TPSA) is 51.2 Å². The number of methoxy groups -OCH3 is 1. The number of amides is 1. The average molecular weight is 407 g/mol. The molecule has 0 atom stereocenters. The Bertz CT molecular complexity index is 1100. The van der Waals surface area contributed by atoms with Crippen LogP contribution in [0.2, 0.25) is 0 Å². The van der Waals surface area contributed by atoms with E-state index in [0.717, 1.165) is 26.0 Å². The van der Waals surface area contributed by atoms with Gasteiger partial charge in [-0.25, -0.2) is 4.98 Å². The van der Waals surface area contributed by atoms with E-state index in [0.29, 0.717) is 11.3 Å². The van der Waals surface area contributed by atoms with Gasteiger partial charge in [-0.1, -0.05) is 36.0 Å². The molecule has 1 aromatic heterocycles. The molecule has 0 saturated carbocycles. The van der Waals surface area contributed by atoms with Crippen LogP contribution in [0.5, 0.6) is 5.75 Å². The van der Waals surface area contributed by atoms with E-state index in [1.165, 1.54) is 4.70 Å². The lowest BCUT2D eigenvalue weighted by Gasteiger charge is -2.11. The van der Waals surface area contributed by atoms with Crippen LogP contribution in [0.15, 0.2) is 76.0 Å². The summed E-state index contributed by atoms with van der Waals surface area (Å²) in [6.45, 7) is 1.92. The molecule has 1 N–H and O–H groups in total. The number of benzene rings is 3. The van der Waals surface area contributed by atoms with Gasteiger partial charge in [-0.3, -0.25) is 4.79 Å². The number of hydrogen-bond donors (Lipinski definition) is 1. The first kappa shape index (κ1) is 18.5. The second-order valence-electron chi connectivity index (χ2n) is 6.18. The van der Waals surface area contributed by atoms with Gasteiger partial charge in [0.15, 0.2) is 4.34 Å². The smallest absolute Gasteiger partial charge is 0.259 e. The van der Waals surface area contributed by atoms with Gasteiger partial charge in [0.05, 0.1) is 22.9 Å². The standard InChI is InChI=1S/C22H18N2O2S2/c1-14-6-5-7-17(20(14)26-2)21(25)23-15-10-12-16(13-11-15)27-22-24-18-8-3-4-9-19(18)28-22/h3-13H,1-2H3,(H,23,25). The first-order valence-electron chi connectivity index (χ1n) is 8.72. The van der Waals surface area contributed by atoms with E-state index >= 15 is 0 Å². The fourth-order valence-electron chi connectivity index (χ4n) is 2.90. The number of ether oxygens (including phenoxy) is 1. The Morgan fingerprint density at radius 3 is 2.57 bits per heavy atom. The minimum Gasteiger partial charge on any atom is -0.496 e. The second-order valence-corrected chi connectivity index (χ2v) is 8.54. The molecule has 4 aromatic rings. The number of nitrogens with one attached hydrogen (secondary N) is 1. The molecule has 0 spiro atoms. The van der Waals surface area contributed by atoms with E-state index < -0.39 is 0 Å². The van der Waals surface area contributed by atoms with Crippen molar-refractivity contribution in [3.05, 3.63) is 77.9 Å². The second kappa shape index (κ2) is 8.04. The lowest BCUT2D eigenvalue weighted by molar-refractivity contribution is 0.102. The summed E-state index contributed by atoms with van der Waals surface area (Å²) < 4.78 is 7.56. The predicted molar refractivity (Wildman–Crippen MR) is 116 cm³/mol. The zero-order chi connectivity index (χ0) is 19.5. The number of thiazole rings is 1. The minimum atomic E-state index is -0.188. The number of para-hydroxylation sites is 2. The normalized spacial score (nSPS) is 10.8. The molecule has 1 heterocycles. The number of nitrogens with zero attached hydrogens (tertiary/aromatic N) is 1. The van der Waals surface area contributed by atoms with Gasteiger partial charge in [-0.05, 0) is 55.0 Å². The van der Waals surface area contributed by atoms with Crippen molar-refractivity contribution in [2.75, 3.05) is 12.4 Å². The highest BCUT2D eigenvalue weighted by Gasteiger charge is 2.14. The quantitative estimate of drug-likeness (QED) is 0.440. The number of aryl methyl sites for hydroxylation is 1. The zero-order valence-electron chi connectivity index (χ0n) is 15.4. The Kier molecular flexibility index (Phi) is 5.32. The number of rotatable bonds is 5. The number of carbonyl (C=O) groups is 1. The summed E-state index contributed by atoms with van der Waals surface area (Å²) in [5.74, 6) is 0.412. The van der Waals surface area contributed by atoms with E-state index in [9.17, 15) is 4.79 Å². The third-order valence-electron chi connectivity index (χ3n) is 4.25. The summed E-state index contributed by atoms with van der Waals surface area (Å²) in [4.78, 5) is 18.3. The van der Waals surface area contributed by atoms with Crippen LogP contribution in [0.4, 0.5) is 5.69 Å². The number of aromatic nitrogens is 1. The maximum atomic E-state index is 12.6. The van der Waals surface area contributed by atoms with Gasteiger partial charge in [-0.15, -0.1) is 11.3 Å². The van der Waals surface area contributed by atoms with Gasteiger partial charge in [0, 0.05) is 10.6 Å². The van der Waals surface area contributed by atoms with Crippen molar-refractivity contribution in [2.45, 2.75) is 16.2 Å². The zero-order valence-corrected chi connectivity index (χ0v) is 17.1. The molecule has 0 aliphatic rings. The minimum absolute atomic E-state index is 0.188. The molecule has 0 aliphatic heterocycles. The Labute approximate surface area is 171 Å². The van der Waals surface area contributed by atoms with Crippen LogP contribution in [-0.2, 0) is 0 Å². The summed E-state index contributed by atoms with van der Waals surface area (Å²) in [5.41, 5.74) is 3.21. The van der Waals surface area contributed by atoms with Crippen LogP contribution in [0.3, 0.4) is 0 Å². The highest BCUT2D eigenvalue weighted by Crippen LogP contribution is 2.34. The summed E-state index contributed by atoms with van der Waals surface area (Å²) in [6.07, 6.45) is 0. The Morgan fingerprint density at radius 2 is 1.82 bits per heavy atom. The SMILES string of the molecule is COc1c(C)cccc1C(=O)Nc1ccc(Sc2nc3ccccc3s2)cc1. The van der Waals surface area contributed by atoms with Crippen molar-refractivity contribution in [3.8, 4) is 5.75 Å². The van der Waals surface area contributed by atoms with Crippen molar-refractivity contribution in [3.63, 3.8) is 0 Å². The fourth-order valence-corrected chi connectivity index (χ4v) is 4.94. The highest BCUT2D eigenvalue weighted by atomic mass is 32.2. The van der Waals surface area contributed by atoms with Crippen molar-refractivity contribution in [1.82, 2.24) is 4.98 Å². The average Bonchev–Trinajstić information content (AvgIpc) is 3.11. The molecule has 1 amide bonds. The molecule has 4 nitrogen and oxygen atoms in total. The number of hydrogen-bond acceptors (Lipinski definition) is 5. The van der Waals surface area contributed by atoms with Crippen molar-refractivity contribution < 1.29 is 9.53 Å². The number of carbonyl (C=O) groups excluding carboxylic acids is 1. The first-order valence-corrected chi connectivity index (χ1v) is 10.4. The first-order chi connectivity index (χ1) is 13.6. The molecule has 0 bridgehead atoms. The van der Waals surface area contributed by atoms with Gasteiger partial charge < -0.3 is 10.1 Å². The van der Waals surface area contributed by atoms with Gasteiger partial charge in [-0.2, -0.15) is 0 Å². The molecule has 0 saturated heterocycles. The summed E-state index contributed by atoms with van der Waals surface area (Å²) in [7, 11) is 1.58. The molecule has 28 heavy (non-hydrogen) atoms. The van der Waals surface area contributed by atoms with Gasteiger partial charge >= 0.3 is 0 Å². The molecular weight excluding hydrogens is 388 g/mol. The lowest BCUT2D eigenvalue weighted by atomic mass is 10.1. The number of anilines is 1. The van der Waals surface area contributed by atoms with Crippen molar-refractivity contribution in [1.29, 1.82) is 0 Å². The third-order valence-corrected chi connectivity index (χ3v) is 6.36. The van der Waals surface area contributed by atoms with Crippen LogP contribution in [0.1, 0.15) is 15.9 Å². The molecule has 6 heteroatoms. The van der Waals surface area contributed by atoms with E-state index in [4.69, 9.17) is 4.74 Å². The van der Waals surface area contributed by atoms with E-state index in [-0.39, 0.29) is 5.91 Å². The molecule has 0 radical (unpaired) electrons. The van der Waals surface area contributed by atoms with Crippen molar-refractivity contribution in [2.24, 2.45) is 0 Å². The largest absolute Gasteiger partial charge is 0.496 e. The molecule has 140 valence electrons. The van der Waals surface area contributed by atoms with Gasteiger partial charge in [0.1, 0.15) is 5.75 Å². The summed E-state index contributed by atoms with van der Waals surface area (Å²) >= 11 is 3.30. The summed E-state index contributed by atoms with van der Waals surface area (Å²) in [6, 6.07) is 21.4.